The molecule has 0 heterocycles. The van der Waals surface area contributed by atoms with Crippen LogP contribution in [0, 0.1) is 5.92 Å². The first-order valence-electron chi connectivity index (χ1n) is 8.69. The fourth-order valence-corrected chi connectivity index (χ4v) is 3.48. The molecule has 25 heavy (non-hydrogen) atoms. The number of hydrogen-bond donors (Lipinski definition) is 4. The number of nitrogens with one attached hydrogen (secondary N) is 1. The summed E-state index contributed by atoms with van der Waals surface area (Å²) < 4.78 is 0. The zero-order valence-electron chi connectivity index (χ0n) is 14.3. The van der Waals surface area contributed by atoms with Crippen molar-refractivity contribution in [3.05, 3.63) is 28.8 Å². The Morgan fingerprint density at radius 1 is 1.00 bits per heavy atom. The van der Waals surface area contributed by atoms with Crippen molar-refractivity contribution < 1.29 is 14.4 Å². The van der Waals surface area contributed by atoms with Crippen molar-refractivity contribution in [1.82, 2.24) is 0 Å². The molecule has 0 unspecified atom stereocenters. The fraction of sp³-hybridized carbons (Fsp3) is 0.500. The first kappa shape index (κ1) is 18.9. The predicted molar refractivity (Wildman–Crippen MR) is 95.8 cm³/mol. The maximum Gasteiger partial charge on any atom is 0.251 e. The van der Waals surface area contributed by atoms with Crippen molar-refractivity contribution in [3.63, 3.8) is 0 Å². The van der Waals surface area contributed by atoms with Crippen LogP contribution in [0.2, 0.25) is 0 Å². The summed E-state index contributed by atoms with van der Waals surface area (Å²) in [6, 6.07) is 3.11. The molecule has 136 valence electrons. The molecule has 7 nitrogen and oxygen atoms in total. The van der Waals surface area contributed by atoms with E-state index in [9.17, 15) is 14.4 Å². The lowest BCUT2D eigenvalue weighted by molar-refractivity contribution is -0.116. The summed E-state index contributed by atoms with van der Waals surface area (Å²) in [6.45, 7) is 0.0362. The number of carbonyl (C=O) groups excluding carboxylic acids is 3. The SMILES string of the molecule is NCc1ccc(NC(=O)CCC2CCCCC2)c(C(N)=O)c1C(N)=O. The van der Waals surface area contributed by atoms with Gasteiger partial charge >= 0.3 is 0 Å². The Morgan fingerprint density at radius 3 is 2.20 bits per heavy atom. The number of nitrogens with two attached hydrogens (primary N) is 3. The third-order valence-corrected chi connectivity index (χ3v) is 4.78. The molecule has 0 aliphatic heterocycles. The van der Waals surface area contributed by atoms with E-state index in [-0.39, 0.29) is 29.3 Å². The average molecular weight is 346 g/mol. The van der Waals surface area contributed by atoms with Gasteiger partial charge in [0, 0.05) is 13.0 Å². The molecule has 7 heteroatoms. The summed E-state index contributed by atoms with van der Waals surface area (Å²) in [5, 5.41) is 2.69. The Labute approximate surface area is 147 Å². The van der Waals surface area contributed by atoms with Crippen LogP contribution in [0.3, 0.4) is 0 Å². The Morgan fingerprint density at radius 2 is 1.64 bits per heavy atom. The van der Waals surface area contributed by atoms with Gasteiger partial charge in [-0.05, 0) is 24.0 Å². The van der Waals surface area contributed by atoms with Crippen molar-refractivity contribution in [2.45, 2.75) is 51.5 Å². The summed E-state index contributed by atoms with van der Waals surface area (Å²) in [5.74, 6) is -1.25. The molecule has 1 aliphatic carbocycles. The molecule has 1 aromatic carbocycles. The van der Waals surface area contributed by atoms with E-state index in [0.29, 0.717) is 17.9 Å². The lowest BCUT2D eigenvalue weighted by Crippen LogP contribution is -2.26. The first-order chi connectivity index (χ1) is 11.9. The van der Waals surface area contributed by atoms with Gasteiger partial charge < -0.3 is 22.5 Å². The van der Waals surface area contributed by atoms with Crippen LogP contribution < -0.4 is 22.5 Å². The zero-order chi connectivity index (χ0) is 18.4. The van der Waals surface area contributed by atoms with Crippen LogP contribution in [0.1, 0.15) is 71.2 Å². The normalized spacial score (nSPS) is 14.9. The number of amides is 3. The van der Waals surface area contributed by atoms with Crippen LogP contribution >= 0.6 is 0 Å². The lowest BCUT2D eigenvalue weighted by atomic mass is 9.86. The molecule has 2 rings (SSSR count). The summed E-state index contributed by atoms with van der Waals surface area (Å²) in [4.78, 5) is 35.8. The van der Waals surface area contributed by atoms with E-state index < -0.39 is 11.8 Å². The molecule has 0 aromatic heterocycles. The van der Waals surface area contributed by atoms with Gasteiger partial charge in [-0.15, -0.1) is 0 Å². The van der Waals surface area contributed by atoms with Gasteiger partial charge in [-0.3, -0.25) is 14.4 Å². The quantitative estimate of drug-likeness (QED) is 0.595. The van der Waals surface area contributed by atoms with Gasteiger partial charge in [0.1, 0.15) is 0 Å². The molecule has 0 spiro atoms. The van der Waals surface area contributed by atoms with Crippen LogP contribution in [0.15, 0.2) is 12.1 Å². The minimum Gasteiger partial charge on any atom is -0.366 e. The van der Waals surface area contributed by atoms with Gasteiger partial charge in [-0.2, -0.15) is 0 Å². The molecule has 1 fully saturated rings. The Kier molecular flexibility index (Phi) is 6.52. The van der Waals surface area contributed by atoms with Crippen molar-refractivity contribution in [1.29, 1.82) is 0 Å². The molecular weight excluding hydrogens is 320 g/mol. The molecule has 1 aliphatic rings. The van der Waals surface area contributed by atoms with Gasteiger partial charge in [-0.1, -0.05) is 38.2 Å². The second-order valence-corrected chi connectivity index (χ2v) is 6.55. The van der Waals surface area contributed by atoms with E-state index in [1.54, 1.807) is 6.07 Å². The van der Waals surface area contributed by atoms with Crippen LogP contribution in [0.5, 0.6) is 0 Å². The highest BCUT2D eigenvalue weighted by Gasteiger charge is 2.22. The van der Waals surface area contributed by atoms with Gasteiger partial charge in [0.05, 0.1) is 16.8 Å². The Hall–Kier alpha value is -2.41. The number of carbonyl (C=O) groups is 3. The smallest absolute Gasteiger partial charge is 0.251 e. The summed E-state index contributed by atoms with van der Waals surface area (Å²) >= 11 is 0. The molecule has 7 N–H and O–H groups in total. The molecule has 1 aromatic rings. The molecule has 0 atom stereocenters. The molecule has 0 bridgehead atoms. The van der Waals surface area contributed by atoms with Gasteiger partial charge in [0.25, 0.3) is 5.91 Å². The van der Waals surface area contributed by atoms with Crippen molar-refractivity contribution >= 4 is 23.4 Å². The Balaban J connectivity index is 2.15. The second kappa shape index (κ2) is 8.62. The molecule has 1 saturated carbocycles. The van der Waals surface area contributed by atoms with Crippen molar-refractivity contribution in [2.24, 2.45) is 23.1 Å². The maximum atomic E-state index is 12.3. The number of anilines is 1. The Bertz CT molecular complexity index is 667. The first-order valence-corrected chi connectivity index (χ1v) is 8.69. The molecule has 0 radical (unpaired) electrons. The standard InChI is InChI=1S/C18H26N4O3/c19-10-12-7-8-13(16(18(21)25)15(12)17(20)24)22-14(23)9-6-11-4-2-1-3-5-11/h7-8,11H,1-6,9-10,19H2,(H2,20,24)(H2,21,25)(H,22,23). The van der Waals surface area contributed by atoms with E-state index in [2.05, 4.69) is 5.32 Å². The largest absolute Gasteiger partial charge is 0.366 e. The van der Waals surface area contributed by atoms with Crippen molar-refractivity contribution in [2.75, 3.05) is 5.32 Å². The number of rotatable bonds is 7. The molecule has 0 saturated heterocycles. The van der Waals surface area contributed by atoms with Crippen molar-refractivity contribution in [3.8, 4) is 0 Å². The molecular formula is C18H26N4O3. The van der Waals surface area contributed by atoms with Crippen LogP contribution in [0.25, 0.3) is 0 Å². The lowest BCUT2D eigenvalue weighted by Gasteiger charge is -2.21. The van der Waals surface area contributed by atoms with E-state index in [0.717, 1.165) is 19.3 Å². The third kappa shape index (κ3) is 4.79. The van der Waals surface area contributed by atoms with Crippen LogP contribution in [0.4, 0.5) is 5.69 Å². The minimum absolute atomic E-state index is 0.0277. The third-order valence-electron chi connectivity index (χ3n) is 4.78. The van der Waals surface area contributed by atoms with Gasteiger partial charge in [0.15, 0.2) is 0 Å². The van der Waals surface area contributed by atoms with Gasteiger partial charge in [0.2, 0.25) is 11.8 Å². The van der Waals surface area contributed by atoms with E-state index >= 15 is 0 Å². The number of benzene rings is 1. The predicted octanol–water partition coefficient (Wildman–Crippen LogP) is 1.64. The topological polar surface area (TPSA) is 141 Å². The molecule has 3 amide bonds. The van der Waals surface area contributed by atoms with Crippen LogP contribution in [-0.4, -0.2) is 17.7 Å². The summed E-state index contributed by atoms with van der Waals surface area (Å²) in [5.41, 5.74) is 16.9. The summed E-state index contributed by atoms with van der Waals surface area (Å²) in [7, 11) is 0. The second-order valence-electron chi connectivity index (χ2n) is 6.55. The number of hydrogen-bond acceptors (Lipinski definition) is 4. The minimum atomic E-state index is -0.827. The monoisotopic (exact) mass is 346 g/mol. The maximum absolute atomic E-state index is 12.3. The highest BCUT2D eigenvalue weighted by molar-refractivity contribution is 6.12. The van der Waals surface area contributed by atoms with Crippen LogP contribution in [-0.2, 0) is 11.3 Å². The highest BCUT2D eigenvalue weighted by Crippen LogP contribution is 2.28. The number of primary amides is 2. The average Bonchev–Trinajstić information content (AvgIpc) is 2.60. The fourth-order valence-electron chi connectivity index (χ4n) is 3.48. The van der Waals surface area contributed by atoms with Gasteiger partial charge in [-0.25, -0.2) is 0 Å². The summed E-state index contributed by atoms with van der Waals surface area (Å²) in [6.07, 6.45) is 7.23. The zero-order valence-corrected chi connectivity index (χ0v) is 14.3. The van der Waals surface area contributed by atoms with E-state index in [1.807, 2.05) is 0 Å². The van der Waals surface area contributed by atoms with E-state index in [4.69, 9.17) is 17.2 Å². The van der Waals surface area contributed by atoms with E-state index in [1.165, 1.54) is 25.3 Å². The highest BCUT2D eigenvalue weighted by atomic mass is 16.2.